The Labute approximate surface area is 164 Å². The van der Waals surface area contributed by atoms with Crippen molar-refractivity contribution in [2.45, 2.75) is 19.3 Å². The van der Waals surface area contributed by atoms with E-state index in [1.54, 1.807) is 22.7 Å². The Balaban J connectivity index is 1.59. The summed E-state index contributed by atoms with van der Waals surface area (Å²) in [5.41, 5.74) is 2.25. The van der Waals surface area contributed by atoms with E-state index in [2.05, 4.69) is 46.8 Å². The summed E-state index contributed by atoms with van der Waals surface area (Å²) in [5, 5.41) is 8.35. The Morgan fingerprint density at radius 3 is 2.70 bits per heavy atom. The largest absolute Gasteiger partial charge is 0.331 e. The SMILES string of the molecule is Cc1sc2ccccc2c1[C@@H]1CC(=O)Nc2nc(Nc3ccccc3)sc21. The predicted molar refractivity (Wildman–Crippen MR) is 113 cm³/mol. The maximum absolute atomic E-state index is 12.4. The normalized spacial score (nSPS) is 16.2. The summed E-state index contributed by atoms with van der Waals surface area (Å²) >= 11 is 3.42. The number of amides is 1. The third-order valence-electron chi connectivity index (χ3n) is 4.81. The fourth-order valence-electron chi connectivity index (χ4n) is 3.67. The quantitative estimate of drug-likeness (QED) is 0.458. The van der Waals surface area contributed by atoms with Crippen LogP contribution in [0.4, 0.5) is 16.6 Å². The molecule has 1 amide bonds. The van der Waals surface area contributed by atoms with Crippen LogP contribution in [0.5, 0.6) is 0 Å². The molecule has 2 aromatic heterocycles. The van der Waals surface area contributed by atoms with Crippen LogP contribution < -0.4 is 10.6 Å². The molecule has 0 saturated heterocycles. The van der Waals surface area contributed by atoms with Gasteiger partial charge in [0.25, 0.3) is 0 Å². The van der Waals surface area contributed by atoms with Gasteiger partial charge in [-0.3, -0.25) is 4.79 Å². The van der Waals surface area contributed by atoms with Crippen molar-refractivity contribution in [3.05, 3.63) is 69.9 Å². The van der Waals surface area contributed by atoms with Gasteiger partial charge in [0.05, 0.1) is 4.88 Å². The molecule has 0 aliphatic carbocycles. The summed E-state index contributed by atoms with van der Waals surface area (Å²) in [6.45, 7) is 2.15. The first-order chi connectivity index (χ1) is 13.2. The Hall–Kier alpha value is -2.70. The fraction of sp³-hybridized carbons (Fsp3) is 0.143. The van der Waals surface area contributed by atoms with Gasteiger partial charge in [0.15, 0.2) is 5.13 Å². The number of carbonyl (C=O) groups is 1. The molecule has 1 aliphatic rings. The van der Waals surface area contributed by atoms with Gasteiger partial charge in [-0.1, -0.05) is 47.7 Å². The van der Waals surface area contributed by atoms with Crippen molar-refractivity contribution in [2.75, 3.05) is 10.6 Å². The molecule has 5 rings (SSSR count). The van der Waals surface area contributed by atoms with Gasteiger partial charge >= 0.3 is 0 Å². The van der Waals surface area contributed by atoms with Crippen molar-refractivity contribution in [3.8, 4) is 0 Å². The van der Waals surface area contributed by atoms with Crippen molar-refractivity contribution in [1.82, 2.24) is 4.98 Å². The van der Waals surface area contributed by atoms with E-state index in [1.165, 1.54) is 20.5 Å². The second-order valence-corrected chi connectivity index (χ2v) is 8.88. The van der Waals surface area contributed by atoms with Gasteiger partial charge in [-0.25, -0.2) is 4.98 Å². The lowest BCUT2D eigenvalue weighted by molar-refractivity contribution is -0.116. The molecule has 0 bridgehead atoms. The van der Waals surface area contributed by atoms with E-state index in [1.807, 2.05) is 30.3 Å². The number of anilines is 3. The number of rotatable bonds is 3. The number of nitrogens with zero attached hydrogens (tertiary/aromatic N) is 1. The van der Waals surface area contributed by atoms with Gasteiger partial charge in [0.1, 0.15) is 5.82 Å². The number of thiazole rings is 1. The zero-order chi connectivity index (χ0) is 18.4. The number of para-hydroxylation sites is 1. The molecule has 4 aromatic rings. The Kier molecular flexibility index (Phi) is 3.95. The minimum absolute atomic E-state index is 0.0266. The fourth-order valence-corrected chi connectivity index (χ4v) is 5.85. The molecule has 6 heteroatoms. The third-order valence-corrected chi connectivity index (χ3v) is 7.00. The zero-order valence-corrected chi connectivity index (χ0v) is 16.3. The van der Waals surface area contributed by atoms with Gasteiger partial charge in [-0.15, -0.1) is 11.3 Å². The summed E-state index contributed by atoms with van der Waals surface area (Å²) in [4.78, 5) is 19.4. The molecule has 1 atom stereocenters. The molecule has 0 unspecified atom stereocenters. The van der Waals surface area contributed by atoms with Crippen LogP contribution in [0.3, 0.4) is 0 Å². The highest BCUT2D eigenvalue weighted by Crippen LogP contribution is 2.47. The number of hydrogen-bond donors (Lipinski definition) is 2. The second-order valence-electron chi connectivity index (χ2n) is 6.60. The Morgan fingerprint density at radius 1 is 1.07 bits per heavy atom. The van der Waals surface area contributed by atoms with Crippen LogP contribution in [0.1, 0.15) is 27.7 Å². The molecule has 2 N–H and O–H groups in total. The number of fused-ring (bicyclic) bond motifs is 2. The summed E-state index contributed by atoms with van der Waals surface area (Å²) in [6, 6.07) is 18.4. The zero-order valence-electron chi connectivity index (χ0n) is 14.7. The van der Waals surface area contributed by atoms with Crippen LogP contribution in [0.2, 0.25) is 0 Å². The van der Waals surface area contributed by atoms with E-state index < -0.39 is 0 Å². The molecule has 0 radical (unpaired) electrons. The Bertz CT molecular complexity index is 1150. The molecule has 1 aliphatic heterocycles. The molecule has 4 nitrogen and oxygen atoms in total. The highest BCUT2D eigenvalue weighted by Gasteiger charge is 2.33. The summed E-state index contributed by atoms with van der Waals surface area (Å²) in [7, 11) is 0. The standard InChI is InChI=1S/C21H17N3OS2/c1-12-18(14-9-5-6-10-16(14)26-12)15-11-17(25)23-20-19(15)27-21(24-20)22-13-7-3-2-4-8-13/h2-10,15H,11H2,1H3,(H,22,24)(H,23,25)/t15-/m0/s1. The van der Waals surface area contributed by atoms with Crippen molar-refractivity contribution in [3.63, 3.8) is 0 Å². The van der Waals surface area contributed by atoms with Crippen molar-refractivity contribution in [2.24, 2.45) is 0 Å². The molecule has 27 heavy (non-hydrogen) atoms. The van der Waals surface area contributed by atoms with Gasteiger partial charge < -0.3 is 10.6 Å². The van der Waals surface area contributed by atoms with E-state index in [9.17, 15) is 4.79 Å². The first kappa shape index (κ1) is 16.5. The smallest absolute Gasteiger partial charge is 0.226 e. The number of thiophene rings is 1. The number of benzene rings is 2. The number of nitrogens with one attached hydrogen (secondary N) is 2. The van der Waals surface area contributed by atoms with Crippen LogP contribution in [0.25, 0.3) is 10.1 Å². The highest BCUT2D eigenvalue weighted by molar-refractivity contribution is 7.19. The van der Waals surface area contributed by atoms with Crippen molar-refractivity contribution < 1.29 is 4.79 Å². The lowest BCUT2D eigenvalue weighted by atomic mass is 9.89. The van der Waals surface area contributed by atoms with E-state index in [0.717, 1.165) is 15.7 Å². The lowest BCUT2D eigenvalue weighted by Gasteiger charge is -2.22. The molecular weight excluding hydrogens is 374 g/mol. The van der Waals surface area contributed by atoms with Crippen LogP contribution in [-0.4, -0.2) is 10.9 Å². The highest BCUT2D eigenvalue weighted by atomic mass is 32.1. The predicted octanol–water partition coefficient (Wildman–Crippen LogP) is 5.88. The van der Waals surface area contributed by atoms with Crippen molar-refractivity contribution in [1.29, 1.82) is 0 Å². The third kappa shape index (κ3) is 2.91. The van der Waals surface area contributed by atoms with Gasteiger partial charge in [-0.05, 0) is 36.1 Å². The maximum atomic E-state index is 12.4. The molecule has 3 heterocycles. The average molecular weight is 392 g/mol. The van der Waals surface area contributed by atoms with Gasteiger partial charge in [-0.2, -0.15) is 0 Å². The molecule has 134 valence electrons. The molecular formula is C21H17N3OS2. The van der Waals surface area contributed by atoms with Gasteiger partial charge in [0.2, 0.25) is 5.91 Å². The minimum Gasteiger partial charge on any atom is -0.331 e. The Morgan fingerprint density at radius 2 is 1.85 bits per heavy atom. The summed E-state index contributed by atoms with van der Waals surface area (Å²) < 4.78 is 1.27. The van der Waals surface area contributed by atoms with E-state index in [4.69, 9.17) is 0 Å². The second kappa shape index (κ2) is 6.48. The van der Waals surface area contributed by atoms with Crippen LogP contribution in [-0.2, 0) is 4.79 Å². The van der Waals surface area contributed by atoms with E-state index >= 15 is 0 Å². The first-order valence-electron chi connectivity index (χ1n) is 8.80. The van der Waals surface area contributed by atoms with E-state index in [0.29, 0.717) is 12.2 Å². The van der Waals surface area contributed by atoms with Crippen LogP contribution in [0, 0.1) is 6.92 Å². The number of aromatic nitrogens is 1. The number of carbonyl (C=O) groups excluding carboxylic acids is 1. The summed E-state index contributed by atoms with van der Waals surface area (Å²) in [5.74, 6) is 0.766. The summed E-state index contributed by atoms with van der Waals surface area (Å²) in [6.07, 6.45) is 0.460. The molecule has 0 saturated carbocycles. The van der Waals surface area contributed by atoms with E-state index in [-0.39, 0.29) is 11.8 Å². The van der Waals surface area contributed by atoms with Crippen LogP contribution >= 0.6 is 22.7 Å². The maximum Gasteiger partial charge on any atom is 0.226 e. The topological polar surface area (TPSA) is 54.0 Å². The van der Waals surface area contributed by atoms with Crippen LogP contribution in [0.15, 0.2) is 54.6 Å². The monoisotopic (exact) mass is 391 g/mol. The molecule has 2 aromatic carbocycles. The average Bonchev–Trinajstić information content (AvgIpc) is 3.21. The first-order valence-corrected chi connectivity index (χ1v) is 10.4. The van der Waals surface area contributed by atoms with Crippen molar-refractivity contribution >= 4 is 55.3 Å². The van der Waals surface area contributed by atoms with Gasteiger partial charge in [0, 0.05) is 27.6 Å². The lowest BCUT2D eigenvalue weighted by Crippen LogP contribution is -2.22. The minimum atomic E-state index is 0.0266. The number of aryl methyl sites for hydroxylation is 1. The molecule has 0 spiro atoms. The molecule has 0 fully saturated rings. The number of hydrogen-bond acceptors (Lipinski definition) is 5.